The molecular formula is C12H26N2O. The SMILES string of the molecule is CC.CNC(=O)CNCC1CCCCC1. The smallest absolute Gasteiger partial charge is 0.233 e. The minimum absolute atomic E-state index is 0.0795. The van der Waals surface area contributed by atoms with Crippen LogP contribution in [-0.4, -0.2) is 26.0 Å². The Bertz CT molecular complexity index is 154. The van der Waals surface area contributed by atoms with Gasteiger partial charge in [-0.3, -0.25) is 4.79 Å². The number of carbonyl (C=O) groups is 1. The lowest BCUT2D eigenvalue weighted by Gasteiger charge is -2.21. The second kappa shape index (κ2) is 9.97. The topological polar surface area (TPSA) is 41.1 Å². The van der Waals surface area contributed by atoms with Crippen molar-refractivity contribution < 1.29 is 4.79 Å². The first-order chi connectivity index (χ1) is 7.33. The summed E-state index contributed by atoms with van der Waals surface area (Å²) in [5, 5.41) is 5.80. The molecule has 1 rings (SSSR count). The summed E-state index contributed by atoms with van der Waals surface area (Å²) in [6.45, 7) is 5.47. The molecule has 0 aromatic rings. The third-order valence-corrected chi connectivity index (χ3v) is 2.72. The minimum Gasteiger partial charge on any atom is -0.358 e. The predicted molar refractivity (Wildman–Crippen MR) is 64.9 cm³/mol. The van der Waals surface area contributed by atoms with Crippen LogP contribution in [0.4, 0.5) is 0 Å². The molecule has 1 aliphatic carbocycles. The largest absolute Gasteiger partial charge is 0.358 e. The van der Waals surface area contributed by atoms with E-state index in [-0.39, 0.29) is 5.91 Å². The number of likely N-dealkylation sites (N-methyl/N-ethyl adjacent to an activating group) is 1. The molecule has 0 aliphatic heterocycles. The first kappa shape index (κ1) is 14.4. The van der Waals surface area contributed by atoms with Gasteiger partial charge in [0.15, 0.2) is 0 Å². The molecule has 0 aromatic heterocycles. The molecule has 3 nitrogen and oxygen atoms in total. The highest BCUT2D eigenvalue weighted by atomic mass is 16.1. The van der Waals surface area contributed by atoms with Crippen molar-refractivity contribution >= 4 is 5.91 Å². The zero-order valence-corrected chi connectivity index (χ0v) is 10.4. The monoisotopic (exact) mass is 214 g/mol. The first-order valence-corrected chi connectivity index (χ1v) is 6.24. The van der Waals surface area contributed by atoms with Crippen LogP contribution in [0.15, 0.2) is 0 Å². The molecule has 0 spiro atoms. The van der Waals surface area contributed by atoms with Gasteiger partial charge in [0, 0.05) is 7.05 Å². The highest BCUT2D eigenvalue weighted by Crippen LogP contribution is 2.22. The first-order valence-electron chi connectivity index (χ1n) is 6.24. The Kier molecular flexibility index (Phi) is 9.59. The second-order valence-electron chi connectivity index (χ2n) is 3.81. The van der Waals surface area contributed by atoms with E-state index in [4.69, 9.17) is 0 Å². The summed E-state index contributed by atoms with van der Waals surface area (Å²) >= 11 is 0. The van der Waals surface area contributed by atoms with Crippen molar-refractivity contribution in [3.05, 3.63) is 0 Å². The van der Waals surface area contributed by atoms with Crippen LogP contribution in [0.1, 0.15) is 46.0 Å². The van der Waals surface area contributed by atoms with Gasteiger partial charge in [-0.15, -0.1) is 0 Å². The molecule has 0 heterocycles. The van der Waals surface area contributed by atoms with Crippen molar-refractivity contribution in [2.45, 2.75) is 46.0 Å². The van der Waals surface area contributed by atoms with E-state index in [1.54, 1.807) is 7.05 Å². The third kappa shape index (κ3) is 7.37. The number of hydrogen-bond donors (Lipinski definition) is 2. The Morgan fingerprint density at radius 3 is 2.33 bits per heavy atom. The van der Waals surface area contributed by atoms with Crippen LogP contribution in [0, 0.1) is 5.92 Å². The van der Waals surface area contributed by atoms with E-state index in [0.717, 1.165) is 12.5 Å². The van der Waals surface area contributed by atoms with Gasteiger partial charge in [0.2, 0.25) is 5.91 Å². The van der Waals surface area contributed by atoms with Gasteiger partial charge in [0.05, 0.1) is 6.54 Å². The molecule has 2 N–H and O–H groups in total. The van der Waals surface area contributed by atoms with Crippen LogP contribution in [0.25, 0.3) is 0 Å². The molecule has 90 valence electrons. The molecule has 0 atom stereocenters. The summed E-state index contributed by atoms with van der Waals surface area (Å²) in [5.74, 6) is 0.884. The summed E-state index contributed by atoms with van der Waals surface area (Å²) in [4.78, 5) is 10.9. The van der Waals surface area contributed by atoms with Crippen molar-refractivity contribution in [2.75, 3.05) is 20.1 Å². The fraction of sp³-hybridized carbons (Fsp3) is 0.917. The van der Waals surface area contributed by atoms with Crippen LogP contribution in [0.2, 0.25) is 0 Å². The average Bonchev–Trinajstić information content (AvgIpc) is 2.33. The van der Waals surface area contributed by atoms with Gasteiger partial charge in [-0.25, -0.2) is 0 Å². The van der Waals surface area contributed by atoms with E-state index < -0.39 is 0 Å². The number of rotatable bonds is 4. The highest BCUT2D eigenvalue weighted by Gasteiger charge is 2.12. The van der Waals surface area contributed by atoms with Gasteiger partial charge in [-0.05, 0) is 25.3 Å². The van der Waals surface area contributed by atoms with Crippen molar-refractivity contribution in [3.63, 3.8) is 0 Å². The van der Waals surface area contributed by atoms with E-state index in [9.17, 15) is 4.79 Å². The Balaban J connectivity index is 0.000000921. The lowest BCUT2D eigenvalue weighted by molar-refractivity contribution is -0.119. The lowest BCUT2D eigenvalue weighted by Crippen LogP contribution is -2.34. The summed E-state index contributed by atoms with van der Waals surface area (Å²) in [6.07, 6.45) is 6.80. The molecule has 0 saturated heterocycles. The predicted octanol–water partition coefficient (Wildman–Crippen LogP) is 1.93. The van der Waals surface area contributed by atoms with Crippen molar-refractivity contribution in [1.82, 2.24) is 10.6 Å². The normalized spacial score (nSPS) is 16.5. The van der Waals surface area contributed by atoms with Crippen LogP contribution in [-0.2, 0) is 4.79 Å². The maximum Gasteiger partial charge on any atom is 0.233 e. The summed E-state index contributed by atoms with van der Waals surface area (Å²) < 4.78 is 0. The number of amides is 1. The lowest BCUT2D eigenvalue weighted by atomic mass is 9.89. The molecule has 0 radical (unpaired) electrons. The number of hydrogen-bond acceptors (Lipinski definition) is 2. The molecule has 1 saturated carbocycles. The van der Waals surface area contributed by atoms with Crippen molar-refractivity contribution in [2.24, 2.45) is 5.92 Å². The quantitative estimate of drug-likeness (QED) is 0.751. The molecule has 1 amide bonds. The number of nitrogens with one attached hydrogen (secondary N) is 2. The third-order valence-electron chi connectivity index (χ3n) is 2.72. The molecule has 0 aromatic carbocycles. The zero-order valence-electron chi connectivity index (χ0n) is 10.4. The fourth-order valence-corrected chi connectivity index (χ4v) is 1.87. The summed E-state index contributed by atoms with van der Waals surface area (Å²) in [7, 11) is 1.67. The van der Waals surface area contributed by atoms with Gasteiger partial charge in [0.25, 0.3) is 0 Å². The van der Waals surface area contributed by atoms with Crippen LogP contribution >= 0.6 is 0 Å². The van der Waals surface area contributed by atoms with Gasteiger partial charge < -0.3 is 10.6 Å². The second-order valence-corrected chi connectivity index (χ2v) is 3.81. The standard InChI is InChI=1S/C10H20N2O.C2H6/c1-11-10(13)8-12-7-9-5-3-2-4-6-9;1-2/h9,12H,2-8H2,1H3,(H,11,13);1-2H3. The summed E-state index contributed by atoms with van der Waals surface area (Å²) in [6, 6.07) is 0. The molecule has 3 heteroatoms. The Morgan fingerprint density at radius 1 is 1.20 bits per heavy atom. The van der Waals surface area contributed by atoms with Gasteiger partial charge >= 0.3 is 0 Å². The maximum absolute atomic E-state index is 10.9. The molecule has 1 fully saturated rings. The van der Waals surface area contributed by atoms with Crippen LogP contribution in [0.5, 0.6) is 0 Å². The Morgan fingerprint density at radius 2 is 1.80 bits per heavy atom. The molecular weight excluding hydrogens is 188 g/mol. The van der Waals surface area contributed by atoms with E-state index >= 15 is 0 Å². The zero-order chi connectivity index (χ0) is 11.5. The Hall–Kier alpha value is -0.570. The minimum atomic E-state index is 0.0795. The van der Waals surface area contributed by atoms with E-state index in [1.807, 2.05) is 13.8 Å². The highest BCUT2D eigenvalue weighted by molar-refractivity contribution is 5.77. The van der Waals surface area contributed by atoms with Gasteiger partial charge in [-0.2, -0.15) is 0 Å². The van der Waals surface area contributed by atoms with Gasteiger partial charge in [-0.1, -0.05) is 33.1 Å². The average molecular weight is 214 g/mol. The van der Waals surface area contributed by atoms with Crippen LogP contribution in [0.3, 0.4) is 0 Å². The van der Waals surface area contributed by atoms with Crippen molar-refractivity contribution in [3.8, 4) is 0 Å². The fourth-order valence-electron chi connectivity index (χ4n) is 1.87. The molecule has 1 aliphatic rings. The van der Waals surface area contributed by atoms with Crippen molar-refractivity contribution in [1.29, 1.82) is 0 Å². The van der Waals surface area contributed by atoms with E-state index in [0.29, 0.717) is 6.54 Å². The summed E-state index contributed by atoms with van der Waals surface area (Å²) in [5.41, 5.74) is 0. The number of carbonyl (C=O) groups excluding carboxylic acids is 1. The molecule has 0 bridgehead atoms. The molecule has 15 heavy (non-hydrogen) atoms. The van der Waals surface area contributed by atoms with Gasteiger partial charge in [0.1, 0.15) is 0 Å². The van der Waals surface area contributed by atoms with E-state index in [1.165, 1.54) is 32.1 Å². The van der Waals surface area contributed by atoms with E-state index in [2.05, 4.69) is 10.6 Å². The maximum atomic E-state index is 10.9. The molecule has 0 unspecified atom stereocenters. The van der Waals surface area contributed by atoms with Crippen LogP contribution < -0.4 is 10.6 Å². The Labute approximate surface area is 94.0 Å².